The quantitative estimate of drug-likeness (QED) is 0.279. The lowest BCUT2D eigenvalue weighted by Crippen LogP contribution is -1.99. The number of halogens is 2. The van der Waals surface area contributed by atoms with Crippen LogP contribution in [-0.2, 0) is 6.61 Å². The van der Waals surface area contributed by atoms with E-state index in [1.807, 2.05) is 35.0 Å². The fraction of sp³-hybridized carbons (Fsp3) is 0.0385. The number of ether oxygens (including phenoxy) is 1. The molecule has 0 spiro atoms. The van der Waals surface area contributed by atoms with E-state index < -0.39 is 0 Å². The van der Waals surface area contributed by atoms with E-state index in [0.29, 0.717) is 27.7 Å². The zero-order valence-corrected chi connectivity index (χ0v) is 18.5. The van der Waals surface area contributed by atoms with E-state index in [1.165, 1.54) is 18.5 Å². The maximum absolute atomic E-state index is 13.4. The summed E-state index contributed by atoms with van der Waals surface area (Å²) in [5.41, 5.74) is 3.67. The molecule has 0 fully saturated rings. The highest BCUT2D eigenvalue weighted by Gasteiger charge is 2.09. The van der Waals surface area contributed by atoms with Crippen molar-refractivity contribution in [3.8, 4) is 11.4 Å². The van der Waals surface area contributed by atoms with Gasteiger partial charge in [-0.2, -0.15) is 0 Å². The Bertz CT molecular complexity index is 1500. The Morgan fingerprint density at radius 3 is 2.76 bits per heavy atom. The number of anilines is 2. The highest BCUT2D eigenvalue weighted by Crippen LogP contribution is 2.31. The van der Waals surface area contributed by atoms with Crippen LogP contribution < -0.4 is 10.1 Å². The lowest BCUT2D eigenvalue weighted by molar-refractivity contribution is 0.112. The molecule has 0 aliphatic rings. The van der Waals surface area contributed by atoms with Crippen LogP contribution in [-0.4, -0.2) is 20.8 Å². The predicted octanol–water partition coefficient (Wildman–Crippen LogP) is 6.35. The summed E-state index contributed by atoms with van der Waals surface area (Å²) in [6.07, 6.45) is 5.88. The van der Waals surface area contributed by atoms with Crippen molar-refractivity contribution in [2.45, 2.75) is 6.61 Å². The van der Waals surface area contributed by atoms with Crippen LogP contribution >= 0.6 is 11.6 Å². The van der Waals surface area contributed by atoms with Gasteiger partial charge < -0.3 is 14.6 Å². The second kappa shape index (κ2) is 9.33. The Kier molecular flexibility index (Phi) is 5.93. The lowest BCUT2D eigenvalue weighted by Gasteiger charge is -2.12. The zero-order valence-electron chi connectivity index (χ0n) is 17.8. The number of carbonyl (C=O) groups excluding carboxylic acids is 1. The first kappa shape index (κ1) is 21.6. The molecule has 0 radical (unpaired) electrons. The topological polar surface area (TPSA) is 69.0 Å². The number of benzene rings is 3. The third kappa shape index (κ3) is 4.60. The monoisotopic (exact) mass is 472 g/mol. The third-order valence-electron chi connectivity index (χ3n) is 5.25. The van der Waals surface area contributed by atoms with Crippen LogP contribution in [0.15, 0.2) is 85.5 Å². The van der Waals surface area contributed by atoms with Gasteiger partial charge >= 0.3 is 0 Å². The molecule has 168 valence electrons. The van der Waals surface area contributed by atoms with E-state index >= 15 is 0 Å². The SMILES string of the molecule is O=Cc1ccn(-c2ccc3ncnc(Nc4ccc(OCc5cccc(F)c5)c(Cl)c4)c3c2)c1. The molecule has 8 heteroatoms. The molecule has 0 amide bonds. The van der Waals surface area contributed by atoms with Gasteiger partial charge in [-0.05, 0) is 60.2 Å². The minimum absolute atomic E-state index is 0.203. The molecule has 0 aliphatic carbocycles. The standard InChI is InChI=1S/C26H18ClFN4O2/c27-23-11-20(4-7-25(23)34-15-17-2-1-3-19(28)10-17)31-26-22-12-21(5-6-24(22)29-16-30-26)32-9-8-18(13-32)14-33/h1-14,16H,15H2,(H,29,30,31). The van der Waals surface area contributed by atoms with Crippen molar-refractivity contribution in [3.63, 3.8) is 0 Å². The number of aromatic nitrogens is 3. The number of nitrogens with one attached hydrogen (secondary N) is 1. The van der Waals surface area contributed by atoms with E-state index in [-0.39, 0.29) is 12.4 Å². The number of nitrogens with zero attached hydrogens (tertiary/aromatic N) is 3. The molecule has 0 atom stereocenters. The van der Waals surface area contributed by atoms with E-state index in [2.05, 4.69) is 15.3 Å². The Labute approximate surface area is 199 Å². The summed E-state index contributed by atoms with van der Waals surface area (Å²) in [6, 6.07) is 19.1. The van der Waals surface area contributed by atoms with Crippen molar-refractivity contribution in [3.05, 3.63) is 107 Å². The van der Waals surface area contributed by atoms with E-state index in [0.717, 1.165) is 28.6 Å². The largest absolute Gasteiger partial charge is 0.487 e. The normalized spacial score (nSPS) is 10.9. The summed E-state index contributed by atoms with van der Waals surface area (Å²) < 4.78 is 21.0. The fourth-order valence-electron chi connectivity index (χ4n) is 3.57. The fourth-order valence-corrected chi connectivity index (χ4v) is 3.80. The number of carbonyl (C=O) groups is 1. The molecule has 2 heterocycles. The summed E-state index contributed by atoms with van der Waals surface area (Å²) in [7, 11) is 0. The van der Waals surface area contributed by atoms with Crippen molar-refractivity contribution in [2.75, 3.05) is 5.32 Å². The summed E-state index contributed by atoms with van der Waals surface area (Å²) in [6.45, 7) is 0.203. The molecule has 0 saturated carbocycles. The van der Waals surface area contributed by atoms with Crippen LogP contribution in [0.25, 0.3) is 16.6 Å². The van der Waals surface area contributed by atoms with Crippen LogP contribution in [0.1, 0.15) is 15.9 Å². The Balaban J connectivity index is 1.38. The van der Waals surface area contributed by atoms with E-state index in [9.17, 15) is 9.18 Å². The van der Waals surface area contributed by atoms with Gasteiger partial charge in [-0.15, -0.1) is 0 Å². The van der Waals surface area contributed by atoms with Crippen LogP contribution in [0.3, 0.4) is 0 Å². The molecular weight excluding hydrogens is 455 g/mol. The third-order valence-corrected chi connectivity index (χ3v) is 5.54. The number of hydrogen-bond acceptors (Lipinski definition) is 5. The summed E-state index contributed by atoms with van der Waals surface area (Å²) in [5.74, 6) is 0.789. The molecule has 5 rings (SSSR count). The van der Waals surface area contributed by atoms with Gasteiger partial charge in [0.15, 0.2) is 6.29 Å². The molecule has 3 aromatic carbocycles. The first-order valence-corrected chi connectivity index (χ1v) is 10.8. The molecule has 5 aromatic rings. The van der Waals surface area contributed by atoms with Gasteiger partial charge in [0.05, 0.1) is 10.5 Å². The van der Waals surface area contributed by atoms with Crippen molar-refractivity contribution < 1.29 is 13.9 Å². The van der Waals surface area contributed by atoms with Gasteiger partial charge in [-0.3, -0.25) is 4.79 Å². The van der Waals surface area contributed by atoms with Gasteiger partial charge in [-0.25, -0.2) is 14.4 Å². The van der Waals surface area contributed by atoms with Crippen molar-refractivity contribution in [2.24, 2.45) is 0 Å². The van der Waals surface area contributed by atoms with Crippen LogP contribution in [0.4, 0.5) is 15.9 Å². The Morgan fingerprint density at radius 2 is 1.97 bits per heavy atom. The molecule has 2 aromatic heterocycles. The summed E-state index contributed by atoms with van der Waals surface area (Å²) >= 11 is 6.43. The second-order valence-electron chi connectivity index (χ2n) is 7.58. The zero-order chi connectivity index (χ0) is 23.5. The number of fused-ring (bicyclic) bond motifs is 1. The van der Waals surface area contributed by atoms with Crippen LogP contribution in [0, 0.1) is 5.82 Å². The van der Waals surface area contributed by atoms with E-state index in [4.69, 9.17) is 16.3 Å². The number of hydrogen-bond donors (Lipinski definition) is 1. The average Bonchev–Trinajstić information content (AvgIpc) is 3.33. The van der Waals surface area contributed by atoms with Gasteiger partial charge in [0, 0.05) is 34.7 Å². The molecule has 6 nitrogen and oxygen atoms in total. The van der Waals surface area contributed by atoms with Crippen molar-refractivity contribution >= 4 is 40.3 Å². The maximum atomic E-state index is 13.4. The molecule has 0 saturated heterocycles. The molecule has 1 N–H and O–H groups in total. The number of rotatable bonds is 7. The molecule has 0 bridgehead atoms. The maximum Gasteiger partial charge on any atom is 0.151 e. The van der Waals surface area contributed by atoms with Gasteiger partial charge in [0.1, 0.15) is 30.3 Å². The smallest absolute Gasteiger partial charge is 0.151 e. The minimum atomic E-state index is -0.312. The van der Waals surface area contributed by atoms with Crippen LogP contribution in [0.5, 0.6) is 5.75 Å². The minimum Gasteiger partial charge on any atom is -0.487 e. The van der Waals surface area contributed by atoms with Crippen LogP contribution in [0.2, 0.25) is 5.02 Å². The second-order valence-corrected chi connectivity index (χ2v) is 7.99. The van der Waals surface area contributed by atoms with Crippen molar-refractivity contribution in [1.29, 1.82) is 0 Å². The lowest BCUT2D eigenvalue weighted by atomic mass is 10.2. The first-order chi connectivity index (χ1) is 16.6. The summed E-state index contributed by atoms with van der Waals surface area (Å²) in [5, 5.41) is 4.51. The van der Waals surface area contributed by atoms with E-state index in [1.54, 1.807) is 36.5 Å². The highest BCUT2D eigenvalue weighted by molar-refractivity contribution is 6.32. The van der Waals surface area contributed by atoms with Gasteiger partial charge in [0.2, 0.25) is 0 Å². The molecular formula is C26H18ClFN4O2. The molecule has 0 aliphatic heterocycles. The van der Waals surface area contributed by atoms with Crippen molar-refractivity contribution in [1.82, 2.24) is 14.5 Å². The first-order valence-electron chi connectivity index (χ1n) is 10.4. The van der Waals surface area contributed by atoms with Gasteiger partial charge in [-0.1, -0.05) is 23.7 Å². The van der Waals surface area contributed by atoms with Gasteiger partial charge in [0.25, 0.3) is 0 Å². The predicted molar refractivity (Wildman–Crippen MR) is 130 cm³/mol. The Morgan fingerprint density at radius 1 is 1.06 bits per heavy atom. The molecule has 34 heavy (non-hydrogen) atoms. The number of aldehydes is 1. The Hall–Kier alpha value is -4.23. The average molecular weight is 473 g/mol. The highest BCUT2D eigenvalue weighted by atomic mass is 35.5. The molecule has 0 unspecified atom stereocenters. The summed E-state index contributed by atoms with van der Waals surface area (Å²) in [4.78, 5) is 19.8.